The molecule has 0 radical (unpaired) electrons. The van der Waals surface area contributed by atoms with Gasteiger partial charge in [0.2, 0.25) is 5.78 Å². The van der Waals surface area contributed by atoms with E-state index in [1.165, 1.54) is 11.3 Å². The van der Waals surface area contributed by atoms with E-state index in [9.17, 15) is 9.59 Å². The predicted octanol–water partition coefficient (Wildman–Crippen LogP) is 1.71. The molecule has 0 aromatic carbocycles. The summed E-state index contributed by atoms with van der Waals surface area (Å²) in [5, 5.41) is 10.1. The fraction of sp³-hybridized carbons (Fsp3) is 0.143. The molecule has 0 aliphatic heterocycles. The number of carboxylic acid groups (broad SMARTS) is 1. The quantitative estimate of drug-likeness (QED) is 0.829. The number of thiophene rings is 1. The van der Waals surface area contributed by atoms with E-state index < -0.39 is 11.8 Å². The number of carbonyl (C=O) groups is 2. The van der Waals surface area contributed by atoms with Crippen molar-refractivity contribution in [1.82, 2.24) is 0 Å². The van der Waals surface area contributed by atoms with Crippen LogP contribution in [0.3, 0.4) is 0 Å². The highest BCUT2D eigenvalue weighted by Gasteiger charge is 2.14. The summed E-state index contributed by atoms with van der Waals surface area (Å²) in [6.45, 7) is 0. The van der Waals surface area contributed by atoms with E-state index in [0.29, 0.717) is 0 Å². The van der Waals surface area contributed by atoms with Gasteiger partial charge in [-0.05, 0) is 32.9 Å². The Kier molecular flexibility index (Phi) is 2.99. The van der Waals surface area contributed by atoms with Crippen molar-refractivity contribution in [3.8, 4) is 0 Å². The molecule has 3 nitrogen and oxygen atoms in total. The highest BCUT2D eigenvalue weighted by Crippen LogP contribution is 2.23. The molecule has 64 valence electrons. The lowest BCUT2D eigenvalue weighted by molar-refractivity contribution is -0.148. The summed E-state index contributed by atoms with van der Waals surface area (Å²) in [7, 11) is 0. The standard InChI is InChI=1S/C7H5BrO3S/c8-6-4(1-2-12-6)3-5(9)7(10)11/h1-2H,3H2,(H,10,11). The number of aliphatic carboxylic acids is 1. The van der Waals surface area contributed by atoms with Gasteiger partial charge in [0.15, 0.2) is 0 Å². The summed E-state index contributed by atoms with van der Waals surface area (Å²) in [4.78, 5) is 20.9. The third-order valence-electron chi connectivity index (χ3n) is 1.28. The van der Waals surface area contributed by atoms with E-state index in [1.54, 1.807) is 11.4 Å². The normalized spacial score (nSPS) is 9.75. The molecule has 0 saturated carbocycles. The van der Waals surface area contributed by atoms with Crippen molar-refractivity contribution < 1.29 is 14.7 Å². The summed E-state index contributed by atoms with van der Waals surface area (Å²) in [5.41, 5.74) is 0.729. The van der Waals surface area contributed by atoms with Crippen molar-refractivity contribution >= 4 is 39.0 Å². The summed E-state index contributed by atoms with van der Waals surface area (Å²) in [6, 6.07) is 1.73. The van der Waals surface area contributed by atoms with Gasteiger partial charge in [0, 0.05) is 6.42 Å². The first-order valence-electron chi connectivity index (χ1n) is 3.09. The Labute approximate surface area is 81.2 Å². The molecule has 0 bridgehead atoms. The predicted molar refractivity (Wildman–Crippen MR) is 48.4 cm³/mol. The lowest BCUT2D eigenvalue weighted by Gasteiger charge is -1.92. The highest BCUT2D eigenvalue weighted by atomic mass is 79.9. The van der Waals surface area contributed by atoms with Gasteiger partial charge < -0.3 is 5.11 Å². The molecule has 0 atom stereocenters. The third kappa shape index (κ3) is 2.15. The van der Waals surface area contributed by atoms with Crippen molar-refractivity contribution in [2.24, 2.45) is 0 Å². The van der Waals surface area contributed by atoms with Gasteiger partial charge in [-0.2, -0.15) is 0 Å². The molecule has 1 N–H and O–H groups in total. The Hall–Kier alpha value is -0.680. The molecule has 0 aliphatic rings. The molecular weight excluding hydrogens is 244 g/mol. The average Bonchev–Trinajstić information content (AvgIpc) is 2.36. The maximum absolute atomic E-state index is 10.7. The minimum atomic E-state index is -1.38. The van der Waals surface area contributed by atoms with Crippen LogP contribution in [0.2, 0.25) is 0 Å². The average molecular weight is 249 g/mol. The number of Topliss-reactive ketones (excluding diaryl/α,β-unsaturated/α-hetero) is 1. The Morgan fingerprint density at radius 3 is 2.67 bits per heavy atom. The molecule has 0 saturated heterocycles. The zero-order chi connectivity index (χ0) is 9.14. The van der Waals surface area contributed by atoms with Crippen LogP contribution in [-0.4, -0.2) is 16.9 Å². The number of ketones is 1. The maximum atomic E-state index is 10.7. The first-order chi connectivity index (χ1) is 5.61. The Morgan fingerprint density at radius 1 is 1.58 bits per heavy atom. The smallest absolute Gasteiger partial charge is 0.372 e. The van der Waals surface area contributed by atoms with Gasteiger partial charge in [-0.1, -0.05) is 0 Å². The second-order valence-electron chi connectivity index (χ2n) is 2.12. The molecule has 0 spiro atoms. The lowest BCUT2D eigenvalue weighted by Crippen LogP contribution is -2.14. The largest absolute Gasteiger partial charge is 0.475 e. The Morgan fingerprint density at radius 2 is 2.25 bits per heavy atom. The fourth-order valence-electron chi connectivity index (χ4n) is 0.694. The summed E-state index contributed by atoms with van der Waals surface area (Å²) < 4.78 is 0.817. The van der Waals surface area contributed by atoms with Crippen molar-refractivity contribution in [2.45, 2.75) is 6.42 Å². The number of hydrogen-bond acceptors (Lipinski definition) is 3. The second kappa shape index (κ2) is 3.82. The molecule has 1 aromatic rings. The van der Waals surface area contributed by atoms with Crippen LogP contribution in [0, 0.1) is 0 Å². The molecular formula is C7H5BrO3S. The van der Waals surface area contributed by atoms with E-state index in [1.807, 2.05) is 0 Å². The number of hydrogen-bond donors (Lipinski definition) is 1. The fourth-order valence-corrected chi connectivity index (χ4v) is 1.93. The van der Waals surface area contributed by atoms with Gasteiger partial charge in [-0.25, -0.2) is 4.79 Å². The number of halogens is 1. The lowest BCUT2D eigenvalue weighted by atomic mass is 10.2. The van der Waals surface area contributed by atoms with Gasteiger partial charge in [0.05, 0.1) is 3.79 Å². The molecule has 1 aromatic heterocycles. The van der Waals surface area contributed by atoms with Crippen molar-refractivity contribution in [3.05, 3.63) is 20.8 Å². The first kappa shape index (κ1) is 9.41. The van der Waals surface area contributed by atoms with Gasteiger partial charge in [0.25, 0.3) is 0 Å². The minimum absolute atomic E-state index is 0.0422. The Bertz CT molecular complexity index is 318. The SMILES string of the molecule is O=C(O)C(=O)Cc1ccsc1Br. The molecule has 5 heteroatoms. The van der Waals surface area contributed by atoms with Crippen molar-refractivity contribution in [2.75, 3.05) is 0 Å². The van der Waals surface area contributed by atoms with E-state index in [-0.39, 0.29) is 6.42 Å². The molecule has 0 fully saturated rings. The minimum Gasteiger partial charge on any atom is -0.475 e. The zero-order valence-corrected chi connectivity index (χ0v) is 8.31. The van der Waals surface area contributed by atoms with Crippen molar-refractivity contribution in [1.29, 1.82) is 0 Å². The van der Waals surface area contributed by atoms with Crippen LogP contribution in [-0.2, 0) is 16.0 Å². The van der Waals surface area contributed by atoms with E-state index >= 15 is 0 Å². The second-order valence-corrected chi connectivity index (χ2v) is 4.36. The van der Waals surface area contributed by atoms with Crippen LogP contribution >= 0.6 is 27.3 Å². The molecule has 1 heterocycles. The topological polar surface area (TPSA) is 54.4 Å². The van der Waals surface area contributed by atoms with Gasteiger partial charge in [-0.15, -0.1) is 11.3 Å². The summed E-state index contributed by atoms with van der Waals surface area (Å²) in [5.74, 6) is -2.16. The first-order valence-corrected chi connectivity index (χ1v) is 4.76. The van der Waals surface area contributed by atoms with Gasteiger partial charge >= 0.3 is 5.97 Å². The summed E-state index contributed by atoms with van der Waals surface area (Å²) in [6.07, 6.45) is -0.0422. The van der Waals surface area contributed by atoms with Crippen LogP contribution < -0.4 is 0 Å². The van der Waals surface area contributed by atoms with Crippen LogP contribution in [0.1, 0.15) is 5.56 Å². The van der Waals surface area contributed by atoms with Crippen LogP contribution in [0.25, 0.3) is 0 Å². The number of carbonyl (C=O) groups excluding carboxylic acids is 1. The molecule has 1 rings (SSSR count). The third-order valence-corrected chi connectivity index (χ3v) is 3.09. The van der Waals surface area contributed by atoms with Gasteiger partial charge in [-0.3, -0.25) is 4.79 Å². The zero-order valence-electron chi connectivity index (χ0n) is 5.91. The Balaban J connectivity index is 2.71. The number of carboxylic acids is 1. The molecule has 0 amide bonds. The van der Waals surface area contributed by atoms with Crippen molar-refractivity contribution in [3.63, 3.8) is 0 Å². The molecule has 0 unspecified atom stereocenters. The van der Waals surface area contributed by atoms with Crippen LogP contribution in [0.15, 0.2) is 15.2 Å². The molecule has 12 heavy (non-hydrogen) atoms. The van der Waals surface area contributed by atoms with E-state index in [2.05, 4.69) is 15.9 Å². The van der Waals surface area contributed by atoms with Crippen LogP contribution in [0.5, 0.6) is 0 Å². The highest BCUT2D eigenvalue weighted by molar-refractivity contribution is 9.11. The molecule has 0 aliphatic carbocycles. The van der Waals surface area contributed by atoms with Gasteiger partial charge in [0.1, 0.15) is 0 Å². The monoisotopic (exact) mass is 248 g/mol. The van der Waals surface area contributed by atoms with E-state index in [4.69, 9.17) is 5.11 Å². The maximum Gasteiger partial charge on any atom is 0.372 e. The number of rotatable bonds is 3. The van der Waals surface area contributed by atoms with E-state index in [0.717, 1.165) is 9.35 Å². The summed E-state index contributed by atoms with van der Waals surface area (Å²) >= 11 is 4.65. The van der Waals surface area contributed by atoms with Crippen LogP contribution in [0.4, 0.5) is 0 Å².